The number of aryl methyl sites for hydroxylation is 2. The summed E-state index contributed by atoms with van der Waals surface area (Å²) >= 11 is 18.7. The normalized spacial score (nSPS) is 11.0. The predicted octanol–water partition coefficient (Wildman–Crippen LogP) is 6.61. The van der Waals surface area contributed by atoms with Gasteiger partial charge in [0.1, 0.15) is 6.61 Å². The molecule has 30 heavy (non-hydrogen) atoms. The summed E-state index contributed by atoms with van der Waals surface area (Å²) in [5.74, 6) is 0.0257. The molecule has 7 heteroatoms. The molecule has 0 saturated heterocycles. The Bertz CT molecular complexity index is 1070. The second-order valence-corrected chi connectivity index (χ2v) is 7.97. The van der Waals surface area contributed by atoms with Crippen molar-refractivity contribution >= 4 is 46.9 Å². The Balaban J connectivity index is 1.64. The van der Waals surface area contributed by atoms with E-state index in [1.54, 1.807) is 30.3 Å². The molecular weight excluding hydrogens is 443 g/mol. The van der Waals surface area contributed by atoms with Gasteiger partial charge in [0, 0.05) is 10.6 Å². The Morgan fingerprint density at radius 1 is 0.967 bits per heavy atom. The van der Waals surface area contributed by atoms with Gasteiger partial charge in [-0.15, -0.1) is 0 Å². The summed E-state index contributed by atoms with van der Waals surface area (Å²) in [7, 11) is 0. The lowest BCUT2D eigenvalue weighted by Gasteiger charge is -2.11. The van der Waals surface area contributed by atoms with Crippen LogP contribution in [0.25, 0.3) is 0 Å². The molecule has 154 valence electrons. The van der Waals surface area contributed by atoms with Crippen LogP contribution in [0.1, 0.15) is 32.6 Å². The molecule has 0 radical (unpaired) electrons. The number of carbonyl (C=O) groups is 1. The largest absolute Gasteiger partial charge is 0.486 e. The topological polar surface area (TPSA) is 50.7 Å². The Morgan fingerprint density at radius 2 is 1.63 bits per heavy atom. The highest BCUT2D eigenvalue weighted by atomic mass is 35.5. The van der Waals surface area contributed by atoms with E-state index in [0.717, 1.165) is 11.1 Å². The number of nitrogens with one attached hydrogen (secondary N) is 1. The highest BCUT2D eigenvalue weighted by Gasteiger charge is 2.10. The fourth-order valence-corrected chi connectivity index (χ4v) is 3.39. The van der Waals surface area contributed by atoms with Crippen molar-refractivity contribution in [1.29, 1.82) is 0 Å². The van der Waals surface area contributed by atoms with Crippen LogP contribution >= 0.6 is 34.8 Å². The van der Waals surface area contributed by atoms with Crippen LogP contribution in [0, 0.1) is 13.8 Å². The Kier molecular flexibility index (Phi) is 7.38. The predicted molar refractivity (Wildman–Crippen MR) is 123 cm³/mol. The van der Waals surface area contributed by atoms with E-state index in [0.29, 0.717) is 38.6 Å². The SMILES string of the molecule is Cc1ccc(COc2c(Cl)cc(/C=N\NC(=O)c3ccc(C)c(Cl)c3)cc2Cl)cc1. The van der Waals surface area contributed by atoms with Crippen LogP contribution < -0.4 is 10.2 Å². The van der Waals surface area contributed by atoms with Crippen molar-refractivity contribution < 1.29 is 9.53 Å². The van der Waals surface area contributed by atoms with Gasteiger partial charge >= 0.3 is 0 Å². The zero-order valence-corrected chi connectivity index (χ0v) is 18.6. The zero-order chi connectivity index (χ0) is 21.7. The van der Waals surface area contributed by atoms with E-state index in [9.17, 15) is 4.79 Å². The van der Waals surface area contributed by atoms with Crippen LogP contribution in [-0.4, -0.2) is 12.1 Å². The van der Waals surface area contributed by atoms with Gasteiger partial charge in [0.25, 0.3) is 5.91 Å². The maximum absolute atomic E-state index is 12.2. The first kappa shape index (κ1) is 22.2. The van der Waals surface area contributed by atoms with Crippen LogP contribution in [0.4, 0.5) is 0 Å². The number of nitrogens with zero attached hydrogens (tertiary/aromatic N) is 1. The second-order valence-electron chi connectivity index (χ2n) is 6.75. The summed E-state index contributed by atoms with van der Waals surface area (Å²) in [5, 5.41) is 5.19. The first-order valence-electron chi connectivity index (χ1n) is 9.10. The molecule has 0 aromatic heterocycles. The molecule has 0 unspecified atom stereocenters. The molecule has 0 bridgehead atoms. The molecule has 0 aliphatic heterocycles. The second kappa shape index (κ2) is 9.98. The molecule has 0 saturated carbocycles. The number of hydrazone groups is 1. The number of rotatable bonds is 6. The lowest BCUT2D eigenvalue weighted by molar-refractivity contribution is 0.0955. The quantitative estimate of drug-likeness (QED) is 0.332. The van der Waals surface area contributed by atoms with Crippen molar-refractivity contribution in [2.24, 2.45) is 5.10 Å². The Labute approximate surface area is 190 Å². The van der Waals surface area contributed by atoms with E-state index < -0.39 is 0 Å². The van der Waals surface area contributed by atoms with Crippen LogP contribution in [0.5, 0.6) is 5.75 Å². The molecule has 3 aromatic rings. The van der Waals surface area contributed by atoms with Gasteiger partial charge in [-0.3, -0.25) is 4.79 Å². The maximum atomic E-state index is 12.2. The van der Waals surface area contributed by atoms with Gasteiger partial charge in [0.2, 0.25) is 0 Å². The summed E-state index contributed by atoms with van der Waals surface area (Å²) < 4.78 is 5.78. The van der Waals surface area contributed by atoms with Gasteiger partial charge in [-0.2, -0.15) is 5.10 Å². The molecule has 0 fully saturated rings. The van der Waals surface area contributed by atoms with Crippen LogP contribution in [0.3, 0.4) is 0 Å². The van der Waals surface area contributed by atoms with E-state index in [-0.39, 0.29) is 5.91 Å². The lowest BCUT2D eigenvalue weighted by Crippen LogP contribution is -2.17. The van der Waals surface area contributed by atoms with Gasteiger partial charge in [0.15, 0.2) is 5.75 Å². The van der Waals surface area contributed by atoms with Gasteiger partial charge in [-0.25, -0.2) is 5.43 Å². The Morgan fingerprint density at radius 3 is 2.27 bits per heavy atom. The third-order valence-corrected chi connectivity index (χ3v) is 5.31. The lowest BCUT2D eigenvalue weighted by atomic mass is 10.1. The molecule has 1 N–H and O–H groups in total. The number of benzene rings is 3. The monoisotopic (exact) mass is 460 g/mol. The van der Waals surface area contributed by atoms with E-state index in [4.69, 9.17) is 39.5 Å². The summed E-state index contributed by atoms with van der Waals surface area (Å²) in [6.45, 7) is 4.24. The van der Waals surface area contributed by atoms with Crippen molar-refractivity contribution in [3.8, 4) is 5.75 Å². The van der Waals surface area contributed by atoms with E-state index >= 15 is 0 Å². The van der Waals surface area contributed by atoms with Gasteiger partial charge in [-0.1, -0.05) is 70.7 Å². The van der Waals surface area contributed by atoms with Crippen molar-refractivity contribution in [3.63, 3.8) is 0 Å². The molecule has 3 rings (SSSR count). The Hall–Kier alpha value is -2.53. The van der Waals surface area contributed by atoms with E-state index in [2.05, 4.69) is 10.5 Å². The van der Waals surface area contributed by atoms with Crippen molar-refractivity contribution in [3.05, 3.63) is 97.5 Å². The zero-order valence-electron chi connectivity index (χ0n) is 16.4. The molecule has 0 atom stereocenters. The van der Waals surface area contributed by atoms with Gasteiger partial charge in [-0.05, 0) is 54.8 Å². The smallest absolute Gasteiger partial charge is 0.271 e. The van der Waals surface area contributed by atoms with Crippen LogP contribution in [-0.2, 0) is 6.61 Å². The first-order chi connectivity index (χ1) is 14.3. The van der Waals surface area contributed by atoms with Crippen molar-refractivity contribution in [2.45, 2.75) is 20.5 Å². The highest BCUT2D eigenvalue weighted by molar-refractivity contribution is 6.37. The maximum Gasteiger partial charge on any atom is 0.271 e. The van der Waals surface area contributed by atoms with Gasteiger partial charge < -0.3 is 4.74 Å². The minimum Gasteiger partial charge on any atom is -0.486 e. The number of amides is 1. The molecular formula is C23H19Cl3N2O2. The third-order valence-electron chi connectivity index (χ3n) is 4.34. The molecule has 0 heterocycles. The highest BCUT2D eigenvalue weighted by Crippen LogP contribution is 2.34. The minimum absolute atomic E-state index is 0.350. The van der Waals surface area contributed by atoms with E-state index in [1.807, 2.05) is 38.1 Å². The minimum atomic E-state index is -0.372. The number of halogens is 3. The fraction of sp³-hybridized carbons (Fsp3) is 0.130. The number of carbonyl (C=O) groups excluding carboxylic acids is 1. The fourth-order valence-electron chi connectivity index (χ4n) is 2.60. The standard InChI is InChI=1S/C23H19Cl3N2O2/c1-14-3-6-16(7-4-14)13-30-22-20(25)9-17(10-21(22)26)12-27-28-23(29)18-8-5-15(2)19(24)11-18/h3-12H,13H2,1-2H3,(H,28,29)/b27-12-. The van der Waals surface area contributed by atoms with Crippen LogP contribution in [0.15, 0.2) is 59.7 Å². The number of hydrogen-bond acceptors (Lipinski definition) is 3. The molecule has 4 nitrogen and oxygen atoms in total. The summed E-state index contributed by atoms with van der Waals surface area (Å²) in [4.78, 5) is 12.2. The summed E-state index contributed by atoms with van der Waals surface area (Å²) in [5.41, 5.74) is 6.57. The third kappa shape index (κ3) is 5.76. The summed E-state index contributed by atoms with van der Waals surface area (Å²) in [6, 6.07) is 16.4. The molecule has 0 aliphatic rings. The average Bonchev–Trinajstić information content (AvgIpc) is 2.70. The van der Waals surface area contributed by atoms with Gasteiger partial charge in [0.05, 0.1) is 16.3 Å². The van der Waals surface area contributed by atoms with E-state index in [1.165, 1.54) is 11.8 Å². The molecule has 3 aromatic carbocycles. The number of hydrogen-bond donors (Lipinski definition) is 1. The van der Waals surface area contributed by atoms with Crippen molar-refractivity contribution in [2.75, 3.05) is 0 Å². The first-order valence-corrected chi connectivity index (χ1v) is 10.2. The molecule has 0 spiro atoms. The molecule has 0 aliphatic carbocycles. The number of ether oxygens (including phenoxy) is 1. The molecule has 1 amide bonds. The summed E-state index contributed by atoms with van der Waals surface area (Å²) in [6.07, 6.45) is 1.45. The van der Waals surface area contributed by atoms with Crippen LogP contribution in [0.2, 0.25) is 15.1 Å². The average molecular weight is 462 g/mol. The van der Waals surface area contributed by atoms with Crippen molar-refractivity contribution in [1.82, 2.24) is 5.43 Å².